The van der Waals surface area contributed by atoms with E-state index in [0.717, 1.165) is 29.7 Å². The first-order chi connectivity index (χ1) is 16.6. The Labute approximate surface area is 198 Å². The lowest BCUT2D eigenvalue weighted by molar-refractivity contribution is -0.120. The molecule has 0 bridgehead atoms. The largest absolute Gasteiger partial charge is 0.351 e. The topological polar surface area (TPSA) is 80.1 Å². The average molecular weight is 454 g/mol. The van der Waals surface area contributed by atoms with Crippen LogP contribution in [0.3, 0.4) is 0 Å². The molecular weight excluding hydrogens is 426 g/mol. The number of amides is 1. The molecule has 1 N–H and O–H groups in total. The molecule has 0 radical (unpaired) electrons. The lowest BCUT2D eigenvalue weighted by Gasteiger charge is -2.32. The van der Waals surface area contributed by atoms with Crippen LogP contribution >= 0.6 is 0 Å². The molecule has 0 saturated carbocycles. The second kappa shape index (κ2) is 9.47. The highest BCUT2D eigenvalue weighted by molar-refractivity contribution is 5.93. The quantitative estimate of drug-likeness (QED) is 0.494. The zero-order valence-corrected chi connectivity index (χ0v) is 19.1. The highest BCUT2D eigenvalue weighted by atomic mass is 16.2. The van der Waals surface area contributed by atoms with Crippen molar-refractivity contribution in [1.29, 1.82) is 0 Å². The van der Waals surface area contributed by atoms with Gasteiger partial charge in [-0.05, 0) is 55.2 Å². The van der Waals surface area contributed by atoms with Crippen molar-refractivity contribution in [2.24, 2.45) is 5.92 Å². The van der Waals surface area contributed by atoms with Crippen LogP contribution in [0.25, 0.3) is 11.2 Å². The third kappa shape index (κ3) is 4.55. The highest BCUT2D eigenvalue weighted by Crippen LogP contribution is 2.23. The molecule has 1 unspecified atom stereocenters. The molecule has 7 nitrogen and oxygen atoms in total. The van der Waals surface area contributed by atoms with Crippen LogP contribution in [0.15, 0.2) is 77.7 Å². The third-order valence-corrected chi connectivity index (χ3v) is 6.25. The fourth-order valence-corrected chi connectivity index (χ4v) is 4.53. The summed E-state index contributed by atoms with van der Waals surface area (Å²) in [4.78, 5) is 37.7. The van der Waals surface area contributed by atoms with E-state index in [1.54, 1.807) is 10.8 Å². The number of anilines is 2. The maximum atomic E-state index is 13.6. The molecular formula is C27H27N5O2. The Hall–Kier alpha value is -4.00. The number of fused-ring (bicyclic) bond motifs is 1. The zero-order valence-electron chi connectivity index (χ0n) is 19.1. The molecule has 34 heavy (non-hydrogen) atoms. The Bertz CT molecular complexity index is 1380. The van der Waals surface area contributed by atoms with Gasteiger partial charge >= 0.3 is 0 Å². The number of rotatable bonds is 5. The minimum absolute atomic E-state index is 0.0256. The van der Waals surface area contributed by atoms with Gasteiger partial charge in [0.1, 0.15) is 5.52 Å². The summed E-state index contributed by atoms with van der Waals surface area (Å²) in [5.74, 6) is 0.134. The molecule has 1 amide bonds. The minimum Gasteiger partial charge on any atom is -0.351 e. The van der Waals surface area contributed by atoms with Crippen LogP contribution in [-0.4, -0.2) is 33.5 Å². The lowest BCUT2D eigenvalue weighted by Crippen LogP contribution is -2.44. The van der Waals surface area contributed by atoms with E-state index in [1.165, 1.54) is 0 Å². The molecule has 4 aromatic rings. The molecule has 0 aliphatic carbocycles. The Balaban J connectivity index is 1.44. The van der Waals surface area contributed by atoms with Gasteiger partial charge in [0.15, 0.2) is 11.5 Å². The van der Waals surface area contributed by atoms with Crippen LogP contribution in [0, 0.1) is 12.8 Å². The van der Waals surface area contributed by atoms with Crippen molar-refractivity contribution in [3.8, 4) is 0 Å². The van der Waals surface area contributed by atoms with Gasteiger partial charge in [-0.3, -0.25) is 14.2 Å². The second-order valence-corrected chi connectivity index (χ2v) is 8.80. The monoisotopic (exact) mass is 453 g/mol. The number of hydrogen-bond acceptors (Lipinski definition) is 5. The van der Waals surface area contributed by atoms with Crippen molar-refractivity contribution in [3.05, 3.63) is 94.4 Å². The van der Waals surface area contributed by atoms with Gasteiger partial charge in [-0.15, -0.1) is 0 Å². The number of carbonyl (C=O) groups is 1. The summed E-state index contributed by atoms with van der Waals surface area (Å²) in [7, 11) is 0. The molecule has 172 valence electrons. The first kappa shape index (κ1) is 21.8. The predicted octanol–water partition coefficient (Wildman–Crippen LogP) is 4.00. The van der Waals surface area contributed by atoms with E-state index in [-0.39, 0.29) is 17.4 Å². The van der Waals surface area contributed by atoms with E-state index in [2.05, 4.69) is 15.3 Å². The van der Waals surface area contributed by atoms with Crippen LogP contribution in [0.2, 0.25) is 0 Å². The molecule has 2 aromatic carbocycles. The maximum absolute atomic E-state index is 13.6. The molecule has 1 fully saturated rings. The van der Waals surface area contributed by atoms with Crippen molar-refractivity contribution < 1.29 is 4.79 Å². The fourth-order valence-electron chi connectivity index (χ4n) is 4.53. The SMILES string of the molecule is Cc1cccc(NC(=O)C2CCCN(c3nc4cccnc4n(Cc4ccccc4)c3=O)C2)c1. The van der Waals surface area contributed by atoms with Crippen molar-refractivity contribution in [2.75, 3.05) is 23.3 Å². The number of aryl methyl sites for hydroxylation is 1. The molecule has 5 rings (SSSR count). The standard InChI is InChI=1S/C27H27N5O2/c1-19-8-5-12-22(16-19)29-26(33)21-11-7-15-31(18-21)25-27(34)32(17-20-9-3-2-4-10-20)24-23(30-25)13-6-14-28-24/h2-6,8-10,12-14,16,21H,7,11,15,17-18H2,1H3,(H,29,33). The number of nitrogens with zero attached hydrogens (tertiary/aromatic N) is 4. The third-order valence-electron chi connectivity index (χ3n) is 6.25. The summed E-state index contributed by atoms with van der Waals surface area (Å²) >= 11 is 0. The van der Waals surface area contributed by atoms with Crippen LogP contribution < -0.4 is 15.8 Å². The highest BCUT2D eigenvalue weighted by Gasteiger charge is 2.29. The maximum Gasteiger partial charge on any atom is 0.295 e. The van der Waals surface area contributed by atoms with E-state index in [4.69, 9.17) is 0 Å². The van der Waals surface area contributed by atoms with Gasteiger partial charge in [0.25, 0.3) is 5.56 Å². The summed E-state index contributed by atoms with van der Waals surface area (Å²) in [6.07, 6.45) is 3.27. The Morgan fingerprint density at radius 2 is 1.94 bits per heavy atom. The predicted molar refractivity (Wildman–Crippen MR) is 134 cm³/mol. The normalized spacial score (nSPS) is 15.9. The Morgan fingerprint density at radius 1 is 1.09 bits per heavy atom. The van der Waals surface area contributed by atoms with Crippen LogP contribution in [-0.2, 0) is 11.3 Å². The minimum atomic E-state index is -0.220. The van der Waals surface area contributed by atoms with E-state index in [9.17, 15) is 9.59 Å². The van der Waals surface area contributed by atoms with Crippen LogP contribution in [0.5, 0.6) is 0 Å². The molecule has 1 aliphatic rings. The number of aromatic nitrogens is 3. The van der Waals surface area contributed by atoms with Crippen LogP contribution in [0.4, 0.5) is 11.5 Å². The number of piperidine rings is 1. The summed E-state index contributed by atoms with van der Waals surface area (Å²) in [6, 6.07) is 21.3. The van der Waals surface area contributed by atoms with Gasteiger partial charge in [-0.1, -0.05) is 42.5 Å². The second-order valence-electron chi connectivity index (χ2n) is 8.80. The molecule has 3 heterocycles. The summed E-state index contributed by atoms with van der Waals surface area (Å²) < 4.78 is 1.68. The lowest BCUT2D eigenvalue weighted by atomic mass is 9.97. The van der Waals surface area contributed by atoms with Crippen molar-refractivity contribution in [3.63, 3.8) is 0 Å². The first-order valence-electron chi connectivity index (χ1n) is 11.6. The van der Waals surface area contributed by atoms with Crippen LogP contribution in [0.1, 0.15) is 24.0 Å². The van der Waals surface area contributed by atoms with Gasteiger partial charge in [0, 0.05) is 25.0 Å². The number of benzene rings is 2. The van der Waals surface area contributed by atoms with Crippen molar-refractivity contribution in [1.82, 2.24) is 14.5 Å². The summed E-state index contributed by atoms with van der Waals surface area (Å²) in [5.41, 5.74) is 3.95. The van der Waals surface area contributed by atoms with E-state index >= 15 is 0 Å². The molecule has 1 aliphatic heterocycles. The first-order valence-corrected chi connectivity index (χ1v) is 11.6. The Morgan fingerprint density at radius 3 is 2.76 bits per heavy atom. The number of hydrogen-bond donors (Lipinski definition) is 1. The molecule has 0 spiro atoms. The molecule has 1 atom stereocenters. The zero-order chi connectivity index (χ0) is 23.5. The number of nitrogens with one attached hydrogen (secondary N) is 1. The van der Waals surface area contributed by atoms with E-state index in [0.29, 0.717) is 36.6 Å². The van der Waals surface area contributed by atoms with Gasteiger partial charge in [0.05, 0.1) is 12.5 Å². The van der Waals surface area contributed by atoms with Crippen molar-refractivity contribution in [2.45, 2.75) is 26.3 Å². The van der Waals surface area contributed by atoms with Gasteiger partial charge in [-0.2, -0.15) is 0 Å². The summed E-state index contributed by atoms with van der Waals surface area (Å²) in [5, 5.41) is 3.03. The molecule has 1 saturated heterocycles. The van der Waals surface area contributed by atoms with E-state index < -0.39 is 0 Å². The summed E-state index contributed by atoms with van der Waals surface area (Å²) in [6.45, 7) is 3.55. The van der Waals surface area contributed by atoms with Gasteiger partial charge < -0.3 is 10.2 Å². The average Bonchev–Trinajstić information content (AvgIpc) is 2.86. The molecule has 7 heteroatoms. The number of carbonyl (C=O) groups excluding carboxylic acids is 1. The van der Waals surface area contributed by atoms with Gasteiger partial charge in [0.2, 0.25) is 5.91 Å². The Kier molecular flexibility index (Phi) is 6.08. The van der Waals surface area contributed by atoms with Gasteiger partial charge in [-0.25, -0.2) is 9.97 Å². The molecule has 2 aromatic heterocycles. The van der Waals surface area contributed by atoms with Crippen molar-refractivity contribution >= 4 is 28.6 Å². The van der Waals surface area contributed by atoms with E-state index in [1.807, 2.05) is 78.6 Å². The number of pyridine rings is 1. The fraction of sp³-hybridized carbons (Fsp3) is 0.259. The smallest absolute Gasteiger partial charge is 0.295 e.